The predicted molar refractivity (Wildman–Crippen MR) is 124 cm³/mol. The highest BCUT2D eigenvalue weighted by Crippen LogP contribution is 2.52. The number of Topliss-reactive ketones (excluding diaryl/α,β-unsaturated/α-hetero) is 1. The van der Waals surface area contributed by atoms with Crippen molar-refractivity contribution in [3.05, 3.63) is 89.1 Å². The number of nitrogens with zero attached hydrogens (tertiary/aromatic N) is 2. The van der Waals surface area contributed by atoms with E-state index in [1.807, 2.05) is 61.1 Å². The number of hydrogen-bond acceptors (Lipinski definition) is 3. The Balaban J connectivity index is 1.78. The van der Waals surface area contributed by atoms with E-state index in [1.165, 1.54) is 5.56 Å². The van der Waals surface area contributed by atoms with Gasteiger partial charge in [0.05, 0.1) is 17.0 Å². The van der Waals surface area contributed by atoms with Crippen molar-refractivity contribution in [2.45, 2.75) is 31.6 Å². The summed E-state index contributed by atoms with van der Waals surface area (Å²) < 4.78 is 1.95. The van der Waals surface area contributed by atoms with Gasteiger partial charge in [0, 0.05) is 29.5 Å². The van der Waals surface area contributed by atoms with Crippen molar-refractivity contribution in [1.29, 1.82) is 0 Å². The van der Waals surface area contributed by atoms with Gasteiger partial charge in [0.2, 0.25) is 0 Å². The number of hydrogen-bond donors (Lipinski definition) is 1. The number of carbonyl (C=O) groups excluding carboxylic acids is 2. The van der Waals surface area contributed by atoms with Crippen LogP contribution >= 0.6 is 0 Å². The van der Waals surface area contributed by atoms with Crippen molar-refractivity contribution >= 4 is 11.7 Å². The summed E-state index contributed by atoms with van der Waals surface area (Å²) >= 11 is 0. The zero-order chi connectivity index (χ0) is 22.5. The molecule has 5 nitrogen and oxygen atoms in total. The van der Waals surface area contributed by atoms with E-state index in [9.17, 15) is 9.59 Å². The molecule has 5 heteroatoms. The monoisotopic (exact) mass is 425 g/mol. The fraction of sp³-hybridized carbons (Fsp3) is 0.296. The zero-order valence-electron chi connectivity index (χ0n) is 18.4. The van der Waals surface area contributed by atoms with Crippen molar-refractivity contribution in [3.8, 4) is 11.3 Å². The van der Waals surface area contributed by atoms with Crippen LogP contribution in [0.15, 0.2) is 72.3 Å². The van der Waals surface area contributed by atoms with Crippen LogP contribution in [0.4, 0.5) is 0 Å². The van der Waals surface area contributed by atoms with Crippen molar-refractivity contribution in [1.82, 2.24) is 9.78 Å². The Morgan fingerprint density at radius 1 is 1.12 bits per heavy atom. The molecule has 0 spiro atoms. The number of ketones is 1. The van der Waals surface area contributed by atoms with E-state index in [-0.39, 0.29) is 23.2 Å². The molecule has 2 aliphatic carbocycles. The third-order valence-electron chi connectivity index (χ3n) is 7.29. The Bertz CT molecular complexity index is 1230. The van der Waals surface area contributed by atoms with Crippen molar-refractivity contribution in [2.75, 3.05) is 0 Å². The van der Waals surface area contributed by atoms with Crippen LogP contribution in [0.3, 0.4) is 0 Å². The van der Waals surface area contributed by atoms with E-state index >= 15 is 0 Å². The molecule has 162 valence electrons. The Morgan fingerprint density at radius 2 is 1.78 bits per heavy atom. The first-order chi connectivity index (χ1) is 15.4. The van der Waals surface area contributed by atoms with Crippen LogP contribution in [0.2, 0.25) is 0 Å². The molecule has 0 aliphatic heterocycles. The molecule has 2 aromatic carbocycles. The predicted octanol–water partition coefficient (Wildman–Crippen LogP) is 3.76. The minimum absolute atomic E-state index is 0.0596. The van der Waals surface area contributed by atoms with E-state index in [2.05, 4.69) is 24.3 Å². The number of allylic oxidation sites excluding steroid dienone is 1. The molecule has 2 aliphatic rings. The number of fused-ring (bicyclic) bond motifs is 3. The highest BCUT2D eigenvalue weighted by Gasteiger charge is 2.53. The second kappa shape index (κ2) is 7.59. The summed E-state index contributed by atoms with van der Waals surface area (Å²) in [6, 6.07) is 20.5. The summed E-state index contributed by atoms with van der Waals surface area (Å²) in [7, 11) is 1.97. The van der Waals surface area contributed by atoms with Crippen LogP contribution in [0.5, 0.6) is 0 Å². The van der Waals surface area contributed by atoms with E-state index in [4.69, 9.17) is 10.8 Å². The van der Waals surface area contributed by atoms with Gasteiger partial charge >= 0.3 is 0 Å². The molecular weight excluding hydrogens is 398 g/mol. The first-order valence-electron chi connectivity index (χ1n) is 11.1. The second-order valence-corrected chi connectivity index (χ2v) is 9.09. The lowest BCUT2D eigenvalue weighted by Crippen LogP contribution is -2.50. The number of amides is 1. The zero-order valence-corrected chi connectivity index (χ0v) is 18.4. The summed E-state index contributed by atoms with van der Waals surface area (Å²) in [6.07, 6.45) is 4.24. The van der Waals surface area contributed by atoms with Gasteiger partial charge in [-0.25, -0.2) is 0 Å². The number of primary amides is 1. The molecule has 3 atom stereocenters. The highest BCUT2D eigenvalue weighted by atomic mass is 16.2. The van der Waals surface area contributed by atoms with Gasteiger partial charge in [-0.15, -0.1) is 0 Å². The number of rotatable bonds is 4. The largest absolute Gasteiger partial charge is 0.365 e. The maximum atomic E-state index is 13.0. The van der Waals surface area contributed by atoms with Gasteiger partial charge in [-0.1, -0.05) is 73.7 Å². The number of benzene rings is 2. The summed E-state index contributed by atoms with van der Waals surface area (Å²) in [5, 5.41) is 5.04. The lowest BCUT2D eigenvalue weighted by atomic mass is 9.55. The lowest BCUT2D eigenvalue weighted by molar-refractivity contribution is -0.126. The molecule has 1 amide bonds. The van der Waals surface area contributed by atoms with Gasteiger partial charge in [0.25, 0.3) is 5.91 Å². The molecule has 0 saturated heterocycles. The molecule has 2 N–H and O–H groups in total. The van der Waals surface area contributed by atoms with Gasteiger partial charge in [0.15, 0.2) is 5.78 Å². The van der Waals surface area contributed by atoms with Gasteiger partial charge in [-0.2, -0.15) is 5.10 Å². The van der Waals surface area contributed by atoms with Crippen LogP contribution in [-0.4, -0.2) is 21.5 Å². The molecule has 1 heterocycles. The fourth-order valence-corrected chi connectivity index (χ4v) is 5.89. The van der Waals surface area contributed by atoms with Gasteiger partial charge in [-0.3, -0.25) is 14.3 Å². The summed E-state index contributed by atoms with van der Waals surface area (Å²) in [4.78, 5) is 25.3. The molecule has 3 aromatic rings. The molecule has 1 aromatic heterocycles. The first kappa shape index (κ1) is 20.4. The average Bonchev–Trinajstić information content (AvgIpc) is 3.14. The number of nitrogens with two attached hydrogens (primary N) is 1. The van der Waals surface area contributed by atoms with Crippen molar-refractivity contribution in [3.63, 3.8) is 0 Å². The third kappa shape index (κ3) is 3.03. The molecule has 0 fully saturated rings. The molecule has 32 heavy (non-hydrogen) atoms. The Kier molecular flexibility index (Phi) is 4.85. The quantitative estimate of drug-likeness (QED) is 0.647. The number of aromatic nitrogens is 2. The smallest absolute Gasteiger partial charge is 0.252 e. The van der Waals surface area contributed by atoms with Crippen LogP contribution in [0.25, 0.3) is 11.3 Å². The highest BCUT2D eigenvalue weighted by molar-refractivity contribution is 6.20. The van der Waals surface area contributed by atoms with E-state index in [1.54, 1.807) is 0 Å². The Morgan fingerprint density at radius 3 is 2.44 bits per heavy atom. The number of aryl methyl sites for hydroxylation is 1. The van der Waals surface area contributed by atoms with Crippen LogP contribution < -0.4 is 5.73 Å². The topological polar surface area (TPSA) is 78.0 Å². The molecule has 0 saturated carbocycles. The standard InChI is InChI=1S/C27H27N3O2/c1-17-22-14-13-20-23(19-11-7-4-8-12-19)30(2)29-25(20)27(22,15-18-9-5-3-6-10-18)16-21(24(17)31)26(28)32/h3-12,16-17,22H,13-15H2,1-2H3,(H2,28,32)/t17-,22-,27-/m0/s1. The summed E-state index contributed by atoms with van der Waals surface area (Å²) in [5.74, 6) is -1.03. The SMILES string of the molecule is C[C@@H]1C(=O)C(C(N)=O)=C[C@]2(Cc3ccccc3)c3nn(C)c(-c4ccccc4)c3CC[C@@H]12. The van der Waals surface area contributed by atoms with Gasteiger partial charge in [-0.05, 0) is 30.7 Å². The third-order valence-corrected chi connectivity index (χ3v) is 7.29. The van der Waals surface area contributed by atoms with E-state index in [0.717, 1.165) is 35.4 Å². The fourth-order valence-electron chi connectivity index (χ4n) is 5.89. The summed E-state index contributed by atoms with van der Waals surface area (Å²) in [6.45, 7) is 1.94. The normalized spacial score (nSPS) is 24.4. The van der Waals surface area contributed by atoms with Gasteiger partial charge < -0.3 is 5.73 Å². The molecule has 5 rings (SSSR count). The average molecular weight is 426 g/mol. The molecule has 0 unspecified atom stereocenters. The van der Waals surface area contributed by atoms with Crippen LogP contribution in [-0.2, 0) is 34.9 Å². The van der Waals surface area contributed by atoms with Crippen LogP contribution in [0.1, 0.15) is 30.2 Å². The summed E-state index contributed by atoms with van der Waals surface area (Å²) in [5.41, 5.74) is 10.8. The maximum absolute atomic E-state index is 13.0. The second-order valence-electron chi connectivity index (χ2n) is 9.09. The number of carbonyl (C=O) groups is 2. The molecular formula is C27H27N3O2. The minimum atomic E-state index is -0.654. The Hall–Kier alpha value is -3.47. The molecule has 0 radical (unpaired) electrons. The van der Waals surface area contributed by atoms with E-state index in [0.29, 0.717) is 6.42 Å². The molecule has 0 bridgehead atoms. The lowest BCUT2D eigenvalue weighted by Gasteiger charge is -2.47. The van der Waals surface area contributed by atoms with Crippen molar-refractivity contribution in [2.24, 2.45) is 24.6 Å². The van der Waals surface area contributed by atoms with Crippen LogP contribution in [0, 0.1) is 11.8 Å². The van der Waals surface area contributed by atoms with Crippen molar-refractivity contribution < 1.29 is 9.59 Å². The first-order valence-corrected chi connectivity index (χ1v) is 11.1. The maximum Gasteiger partial charge on any atom is 0.252 e. The van der Waals surface area contributed by atoms with E-state index < -0.39 is 11.3 Å². The van der Waals surface area contributed by atoms with Gasteiger partial charge in [0.1, 0.15) is 0 Å². The minimum Gasteiger partial charge on any atom is -0.365 e. The Labute approximate surface area is 187 Å².